The first-order valence-electron chi connectivity index (χ1n) is 6.36. The molecule has 2 aliphatic heterocycles. The highest BCUT2D eigenvalue weighted by molar-refractivity contribution is 6.08. The van der Waals surface area contributed by atoms with E-state index in [1.807, 2.05) is 0 Å². The fourth-order valence-electron chi connectivity index (χ4n) is 2.97. The summed E-state index contributed by atoms with van der Waals surface area (Å²) in [5, 5.41) is 3.43. The van der Waals surface area contributed by atoms with Crippen molar-refractivity contribution in [2.75, 3.05) is 13.1 Å². The number of nitrogens with one attached hydrogen (secondary N) is 1. The van der Waals surface area contributed by atoms with Crippen molar-refractivity contribution in [1.82, 2.24) is 10.2 Å². The lowest BCUT2D eigenvalue weighted by Gasteiger charge is -2.17. The summed E-state index contributed by atoms with van der Waals surface area (Å²) in [6, 6.07) is 0.613. The Balaban J connectivity index is 1.45. The lowest BCUT2D eigenvalue weighted by Crippen LogP contribution is -2.34. The highest BCUT2D eigenvalue weighted by Gasteiger charge is 2.58. The van der Waals surface area contributed by atoms with Gasteiger partial charge in [-0.2, -0.15) is 0 Å². The summed E-state index contributed by atoms with van der Waals surface area (Å²) in [5.41, 5.74) is 0. The van der Waals surface area contributed by atoms with E-state index in [1.54, 1.807) is 0 Å². The monoisotopic (exact) mass is 222 g/mol. The van der Waals surface area contributed by atoms with E-state index in [1.165, 1.54) is 17.7 Å². The van der Waals surface area contributed by atoms with Gasteiger partial charge in [-0.05, 0) is 38.6 Å². The summed E-state index contributed by atoms with van der Waals surface area (Å²) in [6.07, 6.45) is 5.36. The van der Waals surface area contributed by atoms with Gasteiger partial charge in [-0.1, -0.05) is 0 Å². The Hall–Kier alpha value is -0.900. The molecular weight excluding hydrogens is 204 g/mol. The van der Waals surface area contributed by atoms with Gasteiger partial charge in [0.2, 0.25) is 11.8 Å². The van der Waals surface area contributed by atoms with Crippen molar-refractivity contribution in [3.63, 3.8) is 0 Å². The highest BCUT2D eigenvalue weighted by atomic mass is 16.2. The molecule has 0 bridgehead atoms. The number of likely N-dealkylation sites (tertiary alicyclic amines) is 1. The molecule has 4 nitrogen and oxygen atoms in total. The third-order valence-electron chi connectivity index (χ3n) is 4.05. The number of nitrogens with zero attached hydrogens (tertiary/aromatic N) is 1. The Morgan fingerprint density at radius 3 is 2.62 bits per heavy atom. The third-order valence-corrected chi connectivity index (χ3v) is 4.05. The molecule has 3 unspecified atom stereocenters. The van der Waals surface area contributed by atoms with Crippen LogP contribution in [0.5, 0.6) is 0 Å². The first-order valence-corrected chi connectivity index (χ1v) is 6.36. The van der Waals surface area contributed by atoms with Gasteiger partial charge < -0.3 is 5.32 Å². The minimum atomic E-state index is 0.0668. The molecule has 88 valence electrons. The highest BCUT2D eigenvalue weighted by Crippen LogP contribution is 2.46. The zero-order valence-electron chi connectivity index (χ0n) is 9.45. The number of piperidine rings is 1. The van der Waals surface area contributed by atoms with Crippen LogP contribution < -0.4 is 5.32 Å². The van der Waals surface area contributed by atoms with Crippen molar-refractivity contribution >= 4 is 11.8 Å². The zero-order chi connectivity index (χ0) is 11.1. The van der Waals surface area contributed by atoms with Crippen LogP contribution in [0.15, 0.2) is 0 Å². The maximum atomic E-state index is 11.7. The second-order valence-electron chi connectivity index (χ2n) is 5.21. The molecule has 2 amide bonds. The van der Waals surface area contributed by atoms with E-state index in [-0.39, 0.29) is 23.7 Å². The smallest absolute Gasteiger partial charge is 0.233 e. The normalized spacial score (nSPS) is 37.0. The van der Waals surface area contributed by atoms with Gasteiger partial charge >= 0.3 is 0 Å². The van der Waals surface area contributed by atoms with Gasteiger partial charge in [0, 0.05) is 12.6 Å². The first kappa shape index (κ1) is 10.3. The number of carbonyl (C=O) groups is 2. The molecular formula is C12H18N2O2. The van der Waals surface area contributed by atoms with Crippen molar-refractivity contribution < 1.29 is 9.59 Å². The predicted octanol–water partition coefficient (Wildman–Crippen LogP) is 0.523. The fourth-order valence-corrected chi connectivity index (χ4v) is 2.97. The molecule has 0 spiro atoms. The van der Waals surface area contributed by atoms with Crippen molar-refractivity contribution in [3.8, 4) is 0 Å². The molecule has 2 saturated heterocycles. The Morgan fingerprint density at radius 1 is 1.25 bits per heavy atom. The van der Waals surface area contributed by atoms with E-state index < -0.39 is 0 Å². The molecule has 3 atom stereocenters. The molecule has 1 aliphatic carbocycles. The second-order valence-corrected chi connectivity index (χ2v) is 5.21. The van der Waals surface area contributed by atoms with Gasteiger partial charge in [-0.3, -0.25) is 14.5 Å². The maximum Gasteiger partial charge on any atom is 0.233 e. The van der Waals surface area contributed by atoms with Crippen LogP contribution in [0.3, 0.4) is 0 Å². The Labute approximate surface area is 95.4 Å². The number of carbonyl (C=O) groups excluding carboxylic acids is 2. The van der Waals surface area contributed by atoms with E-state index in [0.717, 1.165) is 25.8 Å². The van der Waals surface area contributed by atoms with Gasteiger partial charge in [0.05, 0.1) is 11.8 Å². The average molecular weight is 222 g/mol. The lowest BCUT2D eigenvalue weighted by atomic mass is 10.1. The summed E-state index contributed by atoms with van der Waals surface area (Å²) in [5.74, 6) is 0.318. The molecule has 0 aromatic carbocycles. The van der Waals surface area contributed by atoms with Crippen molar-refractivity contribution in [3.05, 3.63) is 0 Å². The van der Waals surface area contributed by atoms with Gasteiger partial charge in [0.15, 0.2) is 0 Å². The van der Waals surface area contributed by atoms with Gasteiger partial charge in [-0.25, -0.2) is 0 Å². The number of amides is 2. The molecule has 16 heavy (non-hydrogen) atoms. The van der Waals surface area contributed by atoms with E-state index in [4.69, 9.17) is 0 Å². The van der Waals surface area contributed by atoms with Crippen LogP contribution >= 0.6 is 0 Å². The van der Waals surface area contributed by atoms with Crippen LogP contribution in [-0.2, 0) is 9.59 Å². The molecule has 4 heteroatoms. The summed E-state index contributed by atoms with van der Waals surface area (Å²) in [4.78, 5) is 24.8. The first-order chi connectivity index (χ1) is 7.77. The minimum absolute atomic E-state index is 0.0668. The van der Waals surface area contributed by atoms with Crippen LogP contribution in [0.25, 0.3) is 0 Å². The number of rotatable bonds is 4. The SMILES string of the molecule is O=C1C2CC2C(=O)N1CCCC1CCCN1. The van der Waals surface area contributed by atoms with Gasteiger partial charge in [-0.15, -0.1) is 0 Å². The van der Waals surface area contributed by atoms with Crippen LogP contribution in [0.1, 0.15) is 32.1 Å². The topological polar surface area (TPSA) is 49.4 Å². The Morgan fingerprint density at radius 2 is 2.00 bits per heavy atom. The van der Waals surface area contributed by atoms with Crippen molar-refractivity contribution in [1.29, 1.82) is 0 Å². The number of hydrogen-bond acceptors (Lipinski definition) is 3. The Kier molecular flexibility index (Phi) is 2.46. The largest absolute Gasteiger partial charge is 0.314 e. The van der Waals surface area contributed by atoms with Crippen LogP contribution in [-0.4, -0.2) is 35.8 Å². The summed E-state index contributed by atoms with van der Waals surface area (Å²) in [7, 11) is 0. The van der Waals surface area contributed by atoms with Crippen molar-refractivity contribution in [2.24, 2.45) is 11.8 Å². The molecule has 3 fully saturated rings. The van der Waals surface area contributed by atoms with Crippen LogP contribution in [0.4, 0.5) is 0 Å². The van der Waals surface area contributed by atoms with E-state index in [9.17, 15) is 9.59 Å². The average Bonchev–Trinajstić information content (AvgIpc) is 2.85. The minimum Gasteiger partial charge on any atom is -0.314 e. The molecule has 0 aromatic rings. The Bertz CT molecular complexity index is 303. The fraction of sp³-hybridized carbons (Fsp3) is 0.833. The maximum absolute atomic E-state index is 11.7. The molecule has 3 rings (SSSR count). The summed E-state index contributed by atoms with van der Waals surface area (Å²) in [6.45, 7) is 1.76. The van der Waals surface area contributed by atoms with Gasteiger partial charge in [0.1, 0.15) is 0 Å². The van der Waals surface area contributed by atoms with E-state index in [0.29, 0.717) is 12.6 Å². The second kappa shape index (κ2) is 3.84. The zero-order valence-corrected chi connectivity index (χ0v) is 9.45. The number of imide groups is 1. The van der Waals surface area contributed by atoms with E-state index in [2.05, 4.69) is 5.32 Å². The standard InChI is InChI=1S/C12H18N2O2/c15-11-9-7-10(9)12(16)14(11)6-2-4-8-3-1-5-13-8/h8-10,13H,1-7H2. The molecule has 2 heterocycles. The van der Waals surface area contributed by atoms with Gasteiger partial charge in [0.25, 0.3) is 0 Å². The quantitative estimate of drug-likeness (QED) is 0.706. The summed E-state index contributed by atoms with van der Waals surface area (Å²) < 4.78 is 0. The van der Waals surface area contributed by atoms with Crippen LogP contribution in [0, 0.1) is 11.8 Å². The molecule has 3 aliphatic rings. The predicted molar refractivity (Wildman–Crippen MR) is 58.6 cm³/mol. The summed E-state index contributed by atoms with van der Waals surface area (Å²) >= 11 is 0. The molecule has 1 saturated carbocycles. The third kappa shape index (κ3) is 1.65. The van der Waals surface area contributed by atoms with Crippen LogP contribution in [0.2, 0.25) is 0 Å². The molecule has 0 aromatic heterocycles. The number of hydrogen-bond donors (Lipinski definition) is 1. The lowest BCUT2D eigenvalue weighted by molar-refractivity contribution is -0.141. The van der Waals surface area contributed by atoms with E-state index >= 15 is 0 Å². The van der Waals surface area contributed by atoms with Crippen molar-refractivity contribution in [2.45, 2.75) is 38.1 Å². The number of fused-ring (bicyclic) bond motifs is 1. The molecule has 0 radical (unpaired) electrons. The molecule has 1 N–H and O–H groups in total.